The lowest BCUT2D eigenvalue weighted by Gasteiger charge is -2.12. The highest BCUT2D eigenvalue weighted by Gasteiger charge is 2.46. The molecular formula is C10H14F3N5. The molecule has 1 aromatic rings. The van der Waals surface area contributed by atoms with Gasteiger partial charge in [-0.05, 0) is 11.8 Å². The summed E-state index contributed by atoms with van der Waals surface area (Å²) in [5, 5.41) is 2.95. The molecule has 0 bridgehead atoms. The van der Waals surface area contributed by atoms with Crippen LogP contribution in [0.3, 0.4) is 0 Å². The van der Waals surface area contributed by atoms with Crippen molar-refractivity contribution >= 4 is 11.8 Å². The van der Waals surface area contributed by atoms with Gasteiger partial charge in [0, 0.05) is 12.1 Å². The second kappa shape index (κ2) is 3.98. The largest absolute Gasteiger partial charge is 0.433 e. The summed E-state index contributed by atoms with van der Waals surface area (Å²) in [6.45, 7) is 4.05. The van der Waals surface area contributed by atoms with E-state index in [0.29, 0.717) is 0 Å². The number of nitrogens with two attached hydrogens (primary N) is 1. The van der Waals surface area contributed by atoms with Crippen LogP contribution in [0.5, 0.6) is 0 Å². The van der Waals surface area contributed by atoms with E-state index in [2.05, 4.69) is 15.3 Å². The minimum absolute atomic E-state index is 0.0830. The summed E-state index contributed by atoms with van der Waals surface area (Å²) in [6, 6.07) is 1.01. The summed E-state index contributed by atoms with van der Waals surface area (Å²) < 4.78 is 37.8. The van der Waals surface area contributed by atoms with E-state index < -0.39 is 11.9 Å². The number of alkyl halides is 3. The van der Waals surface area contributed by atoms with Crippen LogP contribution in [0.4, 0.5) is 24.9 Å². The predicted octanol–water partition coefficient (Wildman–Crippen LogP) is 1.99. The lowest BCUT2D eigenvalue weighted by molar-refractivity contribution is -0.141. The topological polar surface area (TPSA) is 75.9 Å². The number of nitrogens with one attached hydrogen (secondary N) is 2. The minimum Gasteiger partial charge on any atom is -0.367 e. The van der Waals surface area contributed by atoms with E-state index in [1.165, 1.54) is 0 Å². The molecule has 1 heterocycles. The molecule has 5 nitrogen and oxygen atoms in total. The van der Waals surface area contributed by atoms with Gasteiger partial charge in [-0.1, -0.05) is 13.8 Å². The van der Waals surface area contributed by atoms with Crippen molar-refractivity contribution in [1.29, 1.82) is 0 Å². The third kappa shape index (κ3) is 2.63. The van der Waals surface area contributed by atoms with Crippen molar-refractivity contribution in [2.24, 2.45) is 11.3 Å². The van der Waals surface area contributed by atoms with E-state index in [-0.39, 0.29) is 23.2 Å². The predicted molar refractivity (Wildman–Crippen MR) is 60.7 cm³/mol. The van der Waals surface area contributed by atoms with Crippen LogP contribution in [0.25, 0.3) is 0 Å². The first kappa shape index (κ1) is 12.9. The molecule has 2 rings (SSSR count). The van der Waals surface area contributed by atoms with E-state index >= 15 is 0 Å². The molecule has 1 fully saturated rings. The number of nitrogens with zero attached hydrogens (tertiary/aromatic N) is 2. The summed E-state index contributed by atoms with van der Waals surface area (Å²) in [5.41, 5.74) is 1.09. The third-order valence-electron chi connectivity index (χ3n) is 2.98. The lowest BCUT2D eigenvalue weighted by Crippen LogP contribution is -2.18. The zero-order valence-electron chi connectivity index (χ0n) is 9.97. The number of nitrogen functional groups attached to an aromatic ring is 1. The van der Waals surface area contributed by atoms with Crippen molar-refractivity contribution in [1.82, 2.24) is 9.97 Å². The van der Waals surface area contributed by atoms with Crippen molar-refractivity contribution in [2.75, 3.05) is 10.7 Å². The first-order valence-electron chi connectivity index (χ1n) is 5.42. The van der Waals surface area contributed by atoms with Crippen LogP contribution < -0.4 is 16.6 Å². The number of hydrazine groups is 1. The Balaban J connectivity index is 2.25. The molecule has 1 saturated carbocycles. The number of anilines is 2. The molecule has 1 aromatic heterocycles. The van der Waals surface area contributed by atoms with Crippen LogP contribution in [0.15, 0.2) is 6.07 Å². The Labute approximate surface area is 102 Å². The van der Waals surface area contributed by atoms with Gasteiger partial charge in [0.15, 0.2) is 5.69 Å². The molecule has 100 valence electrons. The van der Waals surface area contributed by atoms with Gasteiger partial charge in [0.25, 0.3) is 0 Å². The Bertz CT molecular complexity index is 457. The van der Waals surface area contributed by atoms with Gasteiger partial charge in [0.05, 0.1) is 0 Å². The summed E-state index contributed by atoms with van der Waals surface area (Å²) in [7, 11) is 0. The normalized spacial score (nSPS) is 21.6. The molecule has 1 unspecified atom stereocenters. The van der Waals surface area contributed by atoms with Crippen LogP contribution in [0.1, 0.15) is 26.0 Å². The third-order valence-corrected chi connectivity index (χ3v) is 2.98. The van der Waals surface area contributed by atoms with Crippen molar-refractivity contribution in [3.05, 3.63) is 11.8 Å². The number of hydrogen-bond donors (Lipinski definition) is 3. The van der Waals surface area contributed by atoms with Crippen molar-refractivity contribution in [2.45, 2.75) is 32.5 Å². The highest BCUT2D eigenvalue weighted by atomic mass is 19.4. The SMILES string of the molecule is CC1(C)CC1Nc1cc(C(F)(F)F)nc(NN)n1. The number of rotatable bonds is 3. The quantitative estimate of drug-likeness (QED) is 0.573. The van der Waals surface area contributed by atoms with Gasteiger partial charge in [0.1, 0.15) is 5.82 Å². The first-order valence-corrected chi connectivity index (χ1v) is 5.42. The Morgan fingerprint density at radius 3 is 2.44 bits per heavy atom. The van der Waals surface area contributed by atoms with E-state index in [9.17, 15) is 13.2 Å². The average molecular weight is 261 g/mol. The molecule has 1 atom stereocenters. The Morgan fingerprint density at radius 1 is 1.39 bits per heavy atom. The zero-order chi connectivity index (χ0) is 13.6. The molecule has 0 saturated heterocycles. The van der Waals surface area contributed by atoms with Crippen LogP contribution >= 0.6 is 0 Å². The summed E-state index contributed by atoms with van der Waals surface area (Å²) >= 11 is 0. The fourth-order valence-corrected chi connectivity index (χ4v) is 1.62. The van der Waals surface area contributed by atoms with Gasteiger partial charge in [-0.25, -0.2) is 10.8 Å². The van der Waals surface area contributed by atoms with Gasteiger partial charge in [-0.3, -0.25) is 5.43 Å². The van der Waals surface area contributed by atoms with Crippen molar-refractivity contribution in [3.8, 4) is 0 Å². The molecule has 1 aliphatic carbocycles. The number of aromatic nitrogens is 2. The number of halogens is 3. The van der Waals surface area contributed by atoms with E-state index in [0.717, 1.165) is 12.5 Å². The maximum atomic E-state index is 12.6. The van der Waals surface area contributed by atoms with E-state index in [1.807, 2.05) is 19.3 Å². The Morgan fingerprint density at radius 2 is 2.00 bits per heavy atom. The second-order valence-electron chi connectivity index (χ2n) is 4.99. The average Bonchev–Trinajstić information content (AvgIpc) is 2.84. The molecule has 0 aliphatic heterocycles. The van der Waals surface area contributed by atoms with Crippen molar-refractivity contribution < 1.29 is 13.2 Å². The first-order chi connectivity index (χ1) is 8.22. The van der Waals surface area contributed by atoms with E-state index in [4.69, 9.17) is 5.84 Å². The zero-order valence-corrected chi connectivity index (χ0v) is 9.97. The van der Waals surface area contributed by atoms with Crippen LogP contribution in [-0.2, 0) is 6.18 Å². The van der Waals surface area contributed by atoms with Gasteiger partial charge in [-0.15, -0.1) is 0 Å². The Kier molecular flexibility index (Phi) is 2.84. The summed E-state index contributed by atoms with van der Waals surface area (Å²) in [4.78, 5) is 7.13. The fraction of sp³-hybridized carbons (Fsp3) is 0.600. The molecule has 8 heteroatoms. The lowest BCUT2D eigenvalue weighted by atomic mass is 10.2. The monoisotopic (exact) mass is 261 g/mol. The highest BCUT2D eigenvalue weighted by Crippen LogP contribution is 2.46. The molecule has 0 amide bonds. The summed E-state index contributed by atoms with van der Waals surface area (Å²) in [6.07, 6.45) is -3.63. The van der Waals surface area contributed by atoms with Gasteiger partial charge >= 0.3 is 6.18 Å². The van der Waals surface area contributed by atoms with Crippen LogP contribution in [0.2, 0.25) is 0 Å². The number of hydrogen-bond acceptors (Lipinski definition) is 5. The van der Waals surface area contributed by atoms with Gasteiger partial charge in [0.2, 0.25) is 5.95 Å². The summed E-state index contributed by atoms with van der Waals surface area (Å²) in [5.74, 6) is 4.93. The molecular weight excluding hydrogens is 247 g/mol. The fourth-order valence-electron chi connectivity index (χ4n) is 1.62. The van der Waals surface area contributed by atoms with E-state index in [1.54, 1.807) is 0 Å². The molecule has 0 aromatic carbocycles. The van der Waals surface area contributed by atoms with Gasteiger partial charge in [-0.2, -0.15) is 18.2 Å². The van der Waals surface area contributed by atoms with Gasteiger partial charge < -0.3 is 5.32 Å². The molecule has 0 radical (unpaired) electrons. The van der Waals surface area contributed by atoms with Crippen LogP contribution in [-0.4, -0.2) is 16.0 Å². The maximum absolute atomic E-state index is 12.6. The molecule has 4 N–H and O–H groups in total. The van der Waals surface area contributed by atoms with Crippen LogP contribution in [0, 0.1) is 5.41 Å². The Hall–Kier alpha value is -1.57. The molecule has 18 heavy (non-hydrogen) atoms. The molecule has 0 spiro atoms. The maximum Gasteiger partial charge on any atom is 0.433 e. The van der Waals surface area contributed by atoms with Crippen molar-refractivity contribution in [3.63, 3.8) is 0 Å². The molecule has 1 aliphatic rings. The second-order valence-corrected chi connectivity index (χ2v) is 4.99. The standard InChI is InChI=1S/C10H14F3N5/c1-9(2)4-6(9)15-7-3-5(10(11,12)13)16-8(17-7)18-14/h3,6H,4,14H2,1-2H3,(H2,15,16,17,18). The minimum atomic E-state index is -4.52. The smallest absolute Gasteiger partial charge is 0.367 e. The highest BCUT2D eigenvalue weighted by molar-refractivity contribution is 5.45.